The molecule has 0 aliphatic heterocycles. The molecule has 4 aromatic rings. The molecule has 0 radical (unpaired) electrons. The number of pyridine rings is 2. The van der Waals surface area contributed by atoms with Crippen molar-refractivity contribution < 1.29 is 14.3 Å². The molecule has 0 bridgehead atoms. The number of benzene rings is 1. The van der Waals surface area contributed by atoms with Crippen LogP contribution in [-0.4, -0.2) is 32.6 Å². The Morgan fingerprint density at radius 3 is 2.74 bits per heavy atom. The number of anilines is 1. The highest BCUT2D eigenvalue weighted by molar-refractivity contribution is 5.95. The number of hydrogen-bond acceptors (Lipinski definition) is 7. The van der Waals surface area contributed by atoms with Crippen molar-refractivity contribution in [2.45, 2.75) is 6.42 Å². The summed E-state index contributed by atoms with van der Waals surface area (Å²) in [6.45, 7) is 4.05. The zero-order valence-electron chi connectivity index (χ0n) is 16.8. The Morgan fingerprint density at radius 1 is 1.19 bits per heavy atom. The molecule has 31 heavy (non-hydrogen) atoms. The minimum atomic E-state index is -0.596. The molecule has 3 aromatic heterocycles. The Balaban J connectivity index is 1.40. The summed E-state index contributed by atoms with van der Waals surface area (Å²) in [6, 6.07) is 14.2. The van der Waals surface area contributed by atoms with Gasteiger partial charge in [0.25, 0.3) is 5.91 Å². The van der Waals surface area contributed by atoms with Crippen molar-refractivity contribution in [3.05, 3.63) is 84.3 Å². The summed E-state index contributed by atoms with van der Waals surface area (Å²) in [4.78, 5) is 20.0. The van der Waals surface area contributed by atoms with Crippen molar-refractivity contribution in [2.24, 2.45) is 5.73 Å². The summed E-state index contributed by atoms with van der Waals surface area (Å²) >= 11 is 0. The van der Waals surface area contributed by atoms with Gasteiger partial charge in [0.2, 0.25) is 11.8 Å². The third kappa shape index (κ3) is 4.61. The molecule has 156 valence electrons. The third-order valence-corrected chi connectivity index (χ3v) is 4.43. The van der Waals surface area contributed by atoms with E-state index < -0.39 is 5.91 Å². The number of nitrogens with one attached hydrogen (secondary N) is 1. The predicted molar refractivity (Wildman–Crippen MR) is 115 cm³/mol. The zero-order chi connectivity index (χ0) is 21.8. The molecule has 0 atom stereocenters. The first-order valence-electron chi connectivity index (χ1n) is 9.38. The number of primary amides is 1. The summed E-state index contributed by atoms with van der Waals surface area (Å²) in [7, 11) is 1.60. The van der Waals surface area contributed by atoms with Crippen LogP contribution in [0.5, 0.6) is 17.4 Å². The molecular weight excluding hydrogens is 396 g/mol. The molecule has 9 nitrogen and oxygen atoms in total. The average molecular weight is 416 g/mol. The number of fused-ring (bicyclic) bond motifs is 1. The van der Waals surface area contributed by atoms with Crippen LogP contribution in [0.1, 0.15) is 15.9 Å². The third-order valence-electron chi connectivity index (χ3n) is 4.43. The maximum Gasteiger partial charge on any atom is 0.254 e. The lowest BCUT2D eigenvalue weighted by atomic mass is 10.1. The summed E-state index contributed by atoms with van der Waals surface area (Å²) in [5.74, 6) is 1.28. The predicted octanol–water partition coefficient (Wildman–Crippen LogP) is 3.19. The maximum atomic E-state index is 11.5. The molecular formula is C22H20N6O3. The molecule has 0 aliphatic carbocycles. The van der Waals surface area contributed by atoms with Gasteiger partial charge in [-0.3, -0.25) is 4.79 Å². The number of nitrogens with zero attached hydrogens (tertiary/aromatic N) is 4. The fraction of sp³-hybridized carbons (Fsp3) is 0.0909. The van der Waals surface area contributed by atoms with E-state index in [1.165, 1.54) is 6.20 Å². The van der Waals surface area contributed by atoms with Crippen LogP contribution >= 0.6 is 0 Å². The Labute approximate surface area is 178 Å². The van der Waals surface area contributed by atoms with Gasteiger partial charge in [-0.05, 0) is 35.9 Å². The van der Waals surface area contributed by atoms with Crippen molar-refractivity contribution in [3.63, 3.8) is 0 Å². The van der Waals surface area contributed by atoms with E-state index in [-0.39, 0.29) is 11.4 Å². The van der Waals surface area contributed by atoms with Gasteiger partial charge >= 0.3 is 0 Å². The van der Waals surface area contributed by atoms with E-state index in [4.69, 9.17) is 15.2 Å². The average Bonchev–Trinajstić information content (AvgIpc) is 3.16. The highest BCUT2D eigenvalue weighted by atomic mass is 16.5. The number of allylic oxidation sites excluding steroid dienone is 1. The number of ether oxygens (including phenoxy) is 2. The largest absolute Gasteiger partial charge is 0.497 e. The summed E-state index contributed by atoms with van der Waals surface area (Å²) < 4.78 is 12.6. The monoisotopic (exact) mass is 416 g/mol. The van der Waals surface area contributed by atoms with Crippen LogP contribution in [0.25, 0.3) is 5.65 Å². The number of carbonyl (C=O) groups is 1. The van der Waals surface area contributed by atoms with E-state index in [9.17, 15) is 4.79 Å². The highest BCUT2D eigenvalue weighted by Gasteiger charge is 2.11. The Morgan fingerprint density at radius 2 is 2.00 bits per heavy atom. The second kappa shape index (κ2) is 8.54. The van der Waals surface area contributed by atoms with Gasteiger partial charge in [-0.2, -0.15) is 4.98 Å². The van der Waals surface area contributed by atoms with Crippen molar-refractivity contribution in [3.8, 4) is 17.4 Å². The van der Waals surface area contributed by atoms with Gasteiger partial charge in [-0.15, -0.1) is 5.10 Å². The van der Waals surface area contributed by atoms with Gasteiger partial charge in [-0.25, -0.2) is 9.50 Å². The molecule has 4 rings (SSSR count). The van der Waals surface area contributed by atoms with E-state index in [2.05, 4.69) is 27.0 Å². The number of aromatic nitrogens is 4. The van der Waals surface area contributed by atoms with Crippen molar-refractivity contribution >= 4 is 17.5 Å². The molecule has 0 spiro atoms. The van der Waals surface area contributed by atoms with Gasteiger partial charge < -0.3 is 20.5 Å². The minimum Gasteiger partial charge on any atom is -0.497 e. The van der Waals surface area contributed by atoms with Crippen LogP contribution in [-0.2, 0) is 6.42 Å². The van der Waals surface area contributed by atoms with E-state index >= 15 is 0 Å². The molecule has 0 aliphatic rings. The van der Waals surface area contributed by atoms with E-state index in [0.29, 0.717) is 29.5 Å². The van der Waals surface area contributed by atoms with Crippen molar-refractivity contribution in [2.75, 3.05) is 12.4 Å². The first-order chi connectivity index (χ1) is 15.0. The number of methoxy groups -OCH3 is 1. The van der Waals surface area contributed by atoms with E-state index in [0.717, 1.165) is 11.3 Å². The lowest BCUT2D eigenvalue weighted by Crippen LogP contribution is -2.12. The number of hydrogen-bond donors (Lipinski definition) is 2. The smallest absolute Gasteiger partial charge is 0.254 e. The normalized spacial score (nSPS) is 10.6. The molecule has 9 heteroatoms. The maximum absolute atomic E-state index is 11.5. The number of nitrogens with two attached hydrogens (primary N) is 1. The van der Waals surface area contributed by atoms with Crippen LogP contribution in [0.15, 0.2) is 73.2 Å². The van der Waals surface area contributed by atoms with E-state index in [1.807, 2.05) is 12.1 Å². The lowest BCUT2D eigenvalue weighted by Gasteiger charge is -2.09. The fourth-order valence-electron chi connectivity index (χ4n) is 2.94. The van der Waals surface area contributed by atoms with Crippen LogP contribution in [0.2, 0.25) is 0 Å². The van der Waals surface area contributed by atoms with E-state index in [1.54, 1.807) is 54.2 Å². The number of carbonyl (C=O) groups excluding carboxylic acids is 1. The SMILES string of the molecule is C=C(Cc1ccc(Oc2ncccc2C(N)=O)cc1)Nc1nc2cc(OC)ccn2n1. The van der Waals surface area contributed by atoms with Gasteiger partial charge in [0.15, 0.2) is 5.65 Å². The molecule has 0 unspecified atom stereocenters. The molecule has 1 amide bonds. The molecule has 0 saturated carbocycles. The first-order valence-corrected chi connectivity index (χ1v) is 9.38. The van der Waals surface area contributed by atoms with Crippen LogP contribution < -0.4 is 20.5 Å². The molecule has 3 heterocycles. The zero-order valence-corrected chi connectivity index (χ0v) is 16.8. The van der Waals surface area contributed by atoms with Crippen molar-refractivity contribution in [1.82, 2.24) is 19.6 Å². The fourth-order valence-corrected chi connectivity index (χ4v) is 2.94. The number of rotatable bonds is 8. The second-order valence-corrected chi connectivity index (χ2v) is 6.68. The van der Waals surface area contributed by atoms with Gasteiger partial charge in [-0.1, -0.05) is 18.7 Å². The van der Waals surface area contributed by atoms with Crippen LogP contribution in [0.3, 0.4) is 0 Å². The number of amides is 1. The molecule has 0 saturated heterocycles. The van der Waals surface area contributed by atoms with Gasteiger partial charge in [0, 0.05) is 30.6 Å². The van der Waals surface area contributed by atoms with Crippen molar-refractivity contribution in [1.29, 1.82) is 0 Å². The molecule has 3 N–H and O–H groups in total. The second-order valence-electron chi connectivity index (χ2n) is 6.68. The lowest BCUT2D eigenvalue weighted by molar-refractivity contribution is 0.0997. The standard InChI is InChI=1S/C22H20N6O3/c1-14(25-22-26-19-13-17(30-2)9-11-28(19)27-22)12-15-5-7-16(8-6-15)31-21-18(20(23)29)4-3-10-24-21/h3-11,13H,1,12H2,2H3,(H2,23,29)(H,25,27). The summed E-state index contributed by atoms with van der Waals surface area (Å²) in [5, 5.41) is 7.49. The van der Waals surface area contributed by atoms with Crippen LogP contribution in [0.4, 0.5) is 5.95 Å². The van der Waals surface area contributed by atoms with Gasteiger partial charge in [0.1, 0.15) is 17.1 Å². The Bertz CT molecular complexity index is 1250. The molecule has 0 fully saturated rings. The topological polar surface area (TPSA) is 117 Å². The van der Waals surface area contributed by atoms with Crippen LogP contribution in [0, 0.1) is 0 Å². The quantitative estimate of drug-likeness (QED) is 0.453. The Hall–Kier alpha value is -4.40. The Kier molecular flexibility index (Phi) is 5.48. The minimum absolute atomic E-state index is 0.170. The first kappa shape index (κ1) is 19.9. The highest BCUT2D eigenvalue weighted by Crippen LogP contribution is 2.23. The van der Waals surface area contributed by atoms with Gasteiger partial charge in [0.05, 0.1) is 7.11 Å². The molecule has 1 aromatic carbocycles. The summed E-state index contributed by atoms with van der Waals surface area (Å²) in [6.07, 6.45) is 3.88. The summed E-state index contributed by atoms with van der Waals surface area (Å²) in [5.41, 5.74) is 7.99.